The zero-order chi connectivity index (χ0) is 8.20. The third kappa shape index (κ3) is 6.04. The normalized spacial score (nSPS) is 15.1. The number of rotatable bonds is 4. The monoisotopic (exact) mass is 166 g/mol. The molecule has 0 aliphatic rings. The van der Waals surface area contributed by atoms with Gasteiger partial charge in [-0.25, -0.2) is 0 Å². The van der Waals surface area contributed by atoms with Crippen LogP contribution in [0.15, 0.2) is 0 Å². The van der Waals surface area contributed by atoms with E-state index in [1.165, 1.54) is 0 Å². The Kier molecular flexibility index (Phi) is 3.89. The molecule has 0 aliphatic heterocycles. The maximum absolute atomic E-state index is 10.4. The van der Waals surface area contributed by atoms with E-state index in [1.54, 1.807) is 0 Å². The van der Waals surface area contributed by atoms with Gasteiger partial charge in [-0.05, 0) is 5.92 Å². The molecule has 0 aromatic carbocycles. The molecule has 0 bridgehead atoms. The van der Waals surface area contributed by atoms with Gasteiger partial charge in [-0.15, -0.1) is 0 Å². The molecule has 0 saturated heterocycles. The highest BCUT2D eigenvalue weighted by molar-refractivity contribution is 7.85. The molecule has 3 nitrogen and oxygen atoms in total. The van der Waals surface area contributed by atoms with Gasteiger partial charge in [0.25, 0.3) is 10.1 Å². The molecule has 0 amide bonds. The summed E-state index contributed by atoms with van der Waals surface area (Å²) in [6, 6.07) is 0. The topological polar surface area (TPSA) is 43.4 Å². The van der Waals surface area contributed by atoms with Crippen LogP contribution in [0.3, 0.4) is 0 Å². The Morgan fingerprint density at radius 3 is 2.30 bits per heavy atom. The summed E-state index contributed by atoms with van der Waals surface area (Å²) in [6.45, 7) is 4.25. The van der Waals surface area contributed by atoms with Crippen molar-refractivity contribution < 1.29 is 12.6 Å². The molecule has 0 aromatic heterocycles. The lowest BCUT2D eigenvalue weighted by atomic mass is 10.1. The first-order valence-corrected chi connectivity index (χ1v) is 5.11. The minimum Gasteiger partial charge on any atom is -0.270 e. The van der Waals surface area contributed by atoms with Gasteiger partial charge in [0.15, 0.2) is 0 Å². The Hall–Kier alpha value is -0.0900. The van der Waals surface area contributed by atoms with E-state index in [4.69, 9.17) is 0 Å². The predicted molar refractivity (Wildman–Crippen MR) is 40.3 cm³/mol. The summed E-state index contributed by atoms with van der Waals surface area (Å²) < 4.78 is 25.4. The minimum atomic E-state index is -3.23. The van der Waals surface area contributed by atoms with Gasteiger partial charge in [0.1, 0.15) is 0 Å². The summed E-state index contributed by atoms with van der Waals surface area (Å²) in [5, 5.41) is 0. The van der Waals surface area contributed by atoms with E-state index in [1.807, 2.05) is 13.8 Å². The second-order valence-electron chi connectivity index (χ2n) is 2.50. The second kappa shape index (κ2) is 3.93. The largest absolute Gasteiger partial charge is 0.270 e. The first-order valence-electron chi connectivity index (χ1n) is 3.30. The molecule has 0 N–H and O–H groups in total. The maximum Gasteiger partial charge on any atom is 0.264 e. The molecule has 1 unspecified atom stereocenters. The van der Waals surface area contributed by atoms with Gasteiger partial charge < -0.3 is 0 Å². The SMILES string of the molecule is CCC(C)COS(C)(=O)=O. The first-order chi connectivity index (χ1) is 4.45. The summed E-state index contributed by atoms with van der Waals surface area (Å²) in [4.78, 5) is 0. The quantitative estimate of drug-likeness (QED) is 0.585. The molecule has 4 heteroatoms. The fraction of sp³-hybridized carbons (Fsp3) is 1.00. The average Bonchev–Trinajstić information content (AvgIpc) is 1.81. The zero-order valence-corrected chi connectivity index (χ0v) is 7.44. The third-order valence-electron chi connectivity index (χ3n) is 1.26. The van der Waals surface area contributed by atoms with E-state index < -0.39 is 10.1 Å². The van der Waals surface area contributed by atoms with Crippen molar-refractivity contribution in [2.45, 2.75) is 20.3 Å². The van der Waals surface area contributed by atoms with Gasteiger partial charge >= 0.3 is 0 Å². The minimum absolute atomic E-state index is 0.301. The summed E-state index contributed by atoms with van der Waals surface area (Å²) >= 11 is 0. The Balaban J connectivity index is 3.56. The van der Waals surface area contributed by atoms with Crippen LogP contribution in [-0.4, -0.2) is 21.3 Å². The molecule has 10 heavy (non-hydrogen) atoms. The smallest absolute Gasteiger partial charge is 0.264 e. The molecule has 0 aliphatic carbocycles. The van der Waals surface area contributed by atoms with E-state index in [0.717, 1.165) is 12.7 Å². The van der Waals surface area contributed by atoms with Gasteiger partial charge in [-0.2, -0.15) is 8.42 Å². The van der Waals surface area contributed by atoms with Crippen molar-refractivity contribution in [2.24, 2.45) is 5.92 Å². The highest BCUT2D eigenvalue weighted by Gasteiger charge is 2.04. The lowest BCUT2D eigenvalue weighted by Gasteiger charge is -2.06. The second-order valence-corrected chi connectivity index (χ2v) is 4.15. The van der Waals surface area contributed by atoms with E-state index in [0.29, 0.717) is 12.5 Å². The van der Waals surface area contributed by atoms with E-state index >= 15 is 0 Å². The summed E-state index contributed by atoms with van der Waals surface area (Å²) in [6.07, 6.45) is 2.00. The van der Waals surface area contributed by atoms with Crippen LogP contribution >= 0.6 is 0 Å². The van der Waals surface area contributed by atoms with Crippen LogP contribution in [0.4, 0.5) is 0 Å². The summed E-state index contributed by atoms with van der Waals surface area (Å²) in [7, 11) is -3.23. The molecule has 0 radical (unpaired) electrons. The molecule has 0 saturated carbocycles. The van der Waals surface area contributed by atoms with Gasteiger partial charge in [0.05, 0.1) is 12.9 Å². The van der Waals surface area contributed by atoms with Crippen LogP contribution in [0, 0.1) is 5.92 Å². The van der Waals surface area contributed by atoms with Crippen LogP contribution in [-0.2, 0) is 14.3 Å². The van der Waals surface area contributed by atoms with Crippen molar-refractivity contribution >= 4 is 10.1 Å². The third-order valence-corrected chi connectivity index (χ3v) is 1.83. The fourth-order valence-electron chi connectivity index (χ4n) is 0.358. The summed E-state index contributed by atoms with van der Waals surface area (Å²) in [5.41, 5.74) is 0. The van der Waals surface area contributed by atoms with Gasteiger partial charge in [-0.1, -0.05) is 20.3 Å². The van der Waals surface area contributed by atoms with Crippen LogP contribution in [0.25, 0.3) is 0 Å². The zero-order valence-electron chi connectivity index (χ0n) is 6.62. The molecule has 0 rings (SSSR count). The molecule has 0 spiro atoms. The summed E-state index contributed by atoms with van der Waals surface area (Å²) in [5.74, 6) is 0.315. The van der Waals surface area contributed by atoms with Crippen molar-refractivity contribution in [2.75, 3.05) is 12.9 Å². The lowest BCUT2D eigenvalue weighted by Crippen LogP contribution is -2.09. The predicted octanol–water partition coefficient (Wildman–Crippen LogP) is 1.01. The van der Waals surface area contributed by atoms with E-state index in [-0.39, 0.29) is 0 Å². The van der Waals surface area contributed by atoms with Crippen molar-refractivity contribution in [3.8, 4) is 0 Å². The van der Waals surface area contributed by atoms with Crippen molar-refractivity contribution in [3.05, 3.63) is 0 Å². The molecule has 0 fully saturated rings. The highest BCUT2D eigenvalue weighted by atomic mass is 32.2. The van der Waals surface area contributed by atoms with Crippen molar-refractivity contribution in [3.63, 3.8) is 0 Å². The molecular weight excluding hydrogens is 152 g/mol. The Morgan fingerprint density at radius 1 is 1.50 bits per heavy atom. The standard InChI is InChI=1S/C6H14O3S/c1-4-6(2)5-9-10(3,7)8/h6H,4-5H2,1-3H3. The van der Waals surface area contributed by atoms with Crippen LogP contribution < -0.4 is 0 Å². The molecular formula is C6H14O3S. The van der Waals surface area contributed by atoms with E-state index in [9.17, 15) is 8.42 Å². The first kappa shape index (κ1) is 9.91. The van der Waals surface area contributed by atoms with Crippen molar-refractivity contribution in [1.82, 2.24) is 0 Å². The number of hydrogen-bond donors (Lipinski definition) is 0. The van der Waals surface area contributed by atoms with Gasteiger partial charge in [0.2, 0.25) is 0 Å². The highest BCUT2D eigenvalue weighted by Crippen LogP contribution is 2.02. The Morgan fingerprint density at radius 2 is 2.00 bits per heavy atom. The maximum atomic E-state index is 10.4. The van der Waals surface area contributed by atoms with Gasteiger partial charge in [-0.3, -0.25) is 4.18 Å². The Labute approximate surface area is 62.5 Å². The molecule has 0 heterocycles. The van der Waals surface area contributed by atoms with Gasteiger partial charge in [0, 0.05) is 0 Å². The van der Waals surface area contributed by atoms with Crippen molar-refractivity contribution in [1.29, 1.82) is 0 Å². The molecule has 0 aromatic rings. The molecule has 1 atom stereocenters. The Bertz CT molecular complexity index is 171. The number of hydrogen-bond acceptors (Lipinski definition) is 3. The van der Waals surface area contributed by atoms with Crippen LogP contribution in [0.1, 0.15) is 20.3 Å². The fourth-order valence-corrected chi connectivity index (χ4v) is 0.837. The van der Waals surface area contributed by atoms with E-state index in [2.05, 4.69) is 4.18 Å². The average molecular weight is 166 g/mol. The van der Waals surface area contributed by atoms with Crippen LogP contribution in [0.2, 0.25) is 0 Å². The molecule has 62 valence electrons. The van der Waals surface area contributed by atoms with Crippen LogP contribution in [0.5, 0.6) is 0 Å². The lowest BCUT2D eigenvalue weighted by molar-refractivity contribution is 0.264.